The predicted octanol–water partition coefficient (Wildman–Crippen LogP) is 4.57. The summed E-state index contributed by atoms with van der Waals surface area (Å²) in [4.78, 5) is 0. The maximum atomic E-state index is 6.26. The molecular formula is C23H20N2O3Se. The van der Waals surface area contributed by atoms with Crippen LogP contribution in [0.25, 0.3) is 20.8 Å². The molecule has 1 aliphatic rings. The van der Waals surface area contributed by atoms with Crippen LogP contribution >= 0.6 is 0 Å². The molecule has 3 aromatic carbocycles. The van der Waals surface area contributed by atoms with E-state index in [1.807, 2.05) is 38.1 Å². The Bertz CT molecular complexity index is 1210. The van der Waals surface area contributed by atoms with Crippen LogP contribution in [0.15, 0.2) is 54.6 Å². The van der Waals surface area contributed by atoms with Gasteiger partial charge in [0.1, 0.15) is 0 Å². The standard InChI is InChI=1S/C23H20N2O3Se/c1-23(2)22-21(29-25-24-22)17-11-19(26-3)20(12-18(17)28-23)27-13-15-9-6-8-14-7-4-5-10-16(14)15/h4-12H,13H2,1-3H3. The zero-order valence-corrected chi connectivity index (χ0v) is 18.1. The van der Waals surface area contributed by atoms with E-state index in [1.165, 1.54) is 10.8 Å². The third kappa shape index (κ3) is 3.09. The average Bonchev–Trinajstić information content (AvgIpc) is 3.23. The molecule has 4 aromatic rings. The first-order chi connectivity index (χ1) is 14.1. The zero-order chi connectivity index (χ0) is 20.0. The number of rotatable bonds is 4. The topological polar surface area (TPSA) is 53.5 Å². The molecule has 0 atom stereocenters. The molecule has 5 nitrogen and oxygen atoms in total. The van der Waals surface area contributed by atoms with Crippen LogP contribution in [0.3, 0.4) is 0 Å². The van der Waals surface area contributed by atoms with Gasteiger partial charge in [-0.15, -0.1) is 0 Å². The SMILES string of the molecule is COc1cc2c(cc1OCc1cccc3ccccc13)OC(C)(C)c1nn[se]c1-2. The molecule has 0 spiro atoms. The van der Waals surface area contributed by atoms with Gasteiger partial charge < -0.3 is 0 Å². The first kappa shape index (κ1) is 18.2. The molecule has 0 saturated carbocycles. The fourth-order valence-electron chi connectivity index (χ4n) is 3.73. The van der Waals surface area contributed by atoms with E-state index in [1.54, 1.807) is 7.11 Å². The Labute approximate surface area is 175 Å². The first-order valence-electron chi connectivity index (χ1n) is 9.40. The molecule has 0 N–H and O–H groups in total. The molecule has 0 unspecified atom stereocenters. The quantitative estimate of drug-likeness (QED) is 0.426. The van der Waals surface area contributed by atoms with E-state index < -0.39 is 5.60 Å². The van der Waals surface area contributed by atoms with E-state index in [-0.39, 0.29) is 14.7 Å². The van der Waals surface area contributed by atoms with Gasteiger partial charge in [-0.1, -0.05) is 0 Å². The summed E-state index contributed by atoms with van der Waals surface area (Å²) < 4.78 is 23.5. The van der Waals surface area contributed by atoms with E-state index in [0.29, 0.717) is 18.1 Å². The minimum absolute atomic E-state index is 0.0402. The van der Waals surface area contributed by atoms with Crippen LogP contribution in [-0.2, 0) is 12.2 Å². The summed E-state index contributed by atoms with van der Waals surface area (Å²) in [6.07, 6.45) is 0. The molecule has 146 valence electrons. The Balaban J connectivity index is 1.52. The Morgan fingerprint density at radius 1 is 1.03 bits per heavy atom. The van der Waals surface area contributed by atoms with Crippen LogP contribution in [-0.4, -0.2) is 31.0 Å². The van der Waals surface area contributed by atoms with E-state index in [4.69, 9.17) is 14.2 Å². The average molecular weight is 451 g/mol. The number of methoxy groups -OCH3 is 1. The maximum absolute atomic E-state index is 6.26. The molecule has 2 heterocycles. The molecule has 1 aromatic heterocycles. The molecule has 0 fully saturated rings. The predicted molar refractivity (Wildman–Crippen MR) is 113 cm³/mol. The van der Waals surface area contributed by atoms with Gasteiger partial charge in [-0.2, -0.15) is 0 Å². The first-order valence-corrected chi connectivity index (χ1v) is 11.0. The number of aromatic nitrogens is 2. The van der Waals surface area contributed by atoms with Crippen molar-refractivity contribution in [1.82, 2.24) is 9.19 Å². The van der Waals surface area contributed by atoms with Gasteiger partial charge in [-0.25, -0.2) is 0 Å². The molecule has 5 rings (SSSR count). The van der Waals surface area contributed by atoms with Crippen LogP contribution < -0.4 is 14.2 Å². The Morgan fingerprint density at radius 2 is 1.86 bits per heavy atom. The zero-order valence-electron chi connectivity index (χ0n) is 16.4. The summed E-state index contributed by atoms with van der Waals surface area (Å²) in [6, 6.07) is 18.5. The van der Waals surface area contributed by atoms with Gasteiger partial charge in [0.05, 0.1) is 0 Å². The van der Waals surface area contributed by atoms with E-state index in [2.05, 4.69) is 39.5 Å². The van der Waals surface area contributed by atoms with E-state index in [9.17, 15) is 0 Å². The van der Waals surface area contributed by atoms with Crippen molar-refractivity contribution in [1.29, 1.82) is 0 Å². The van der Waals surface area contributed by atoms with Crippen molar-refractivity contribution in [2.75, 3.05) is 7.11 Å². The van der Waals surface area contributed by atoms with Gasteiger partial charge in [0.15, 0.2) is 0 Å². The van der Waals surface area contributed by atoms with Crippen molar-refractivity contribution in [3.63, 3.8) is 0 Å². The summed E-state index contributed by atoms with van der Waals surface area (Å²) >= 11 is -0.0402. The van der Waals surface area contributed by atoms with Gasteiger partial charge in [-0.05, 0) is 0 Å². The second-order valence-corrected chi connectivity index (χ2v) is 9.07. The van der Waals surface area contributed by atoms with Crippen LogP contribution in [0, 0.1) is 0 Å². The second kappa shape index (κ2) is 6.90. The number of benzene rings is 3. The van der Waals surface area contributed by atoms with Crippen molar-refractivity contribution in [3.8, 4) is 27.2 Å². The van der Waals surface area contributed by atoms with Crippen LogP contribution in [0.2, 0.25) is 0 Å². The number of ether oxygens (including phenoxy) is 3. The molecule has 0 amide bonds. The molecule has 29 heavy (non-hydrogen) atoms. The second-order valence-electron chi connectivity index (χ2n) is 7.49. The van der Waals surface area contributed by atoms with Crippen LogP contribution in [0.5, 0.6) is 17.2 Å². The van der Waals surface area contributed by atoms with E-state index in [0.717, 1.165) is 27.0 Å². The molecule has 0 bridgehead atoms. The third-order valence-corrected chi connectivity index (χ3v) is 6.79. The van der Waals surface area contributed by atoms with Gasteiger partial charge in [0.25, 0.3) is 0 Å². The Kier molecular flexibility index (Phi) is 4.34. The molecule has 6 heteroatoms. The summed E-state index contributed by atoms with van der Waals surface area (Å²) in [5.41, 5.74) is 2.53. The summed E-state index contributed by atoms with van der Waals surface area (Å²) in [5.74, 6) is 2.14. The molecule has 0 radical (unpaired) electrons. The van der Waals surface area contributed by atoms with Crippen molar-refractivity contribution >= 4 is 25.5 Å². The minimum atomic E-state index is -0.508. The number of hydrogen-bond donors (Lipinski definition) is 0. The molecule has 1 aliphatic heterocycles. The van der Waals surface area contributed by atoms with Gasteiger partial charge in [0, 0.05) is 0 Å². The number of nitrogens with zero attached hydrogens (tertiary/aromatic N) is 2. The Hall–Kier alpha value is -2.82. The van der Waals surface area contributed by atoms with Crippen LogP contribution in [0.1, 0.15) is 25.1 Å². The van der Waals surface area contributed by atoms with Gasteiger partial charge in [-0.3, -0.25) is 0 Å². The normalized spacial score (nSPS) is 14.0. The fourth-order valence-corrected chi connectivity index (χ4v) is 5.49. The summed E-state index contributed by atoms with van der Waals surface area (Å²) in [6.45, 7) is 4.49. The van der Waals surface area contributed by atoms with Gasteiger partial charge >= 0.3 is 175 Å². The molecule has 0 saturated heterocycles. The number of hydrogen-bond acceptors (Lipinski definition) is 5. The van der Waals surface area contributed by atoms with Gasteiger partial charge in [0.2, 0.25) is 0 Å². The summed E-state index contributed by atoms with van der Waals surface area (Å²) in [5, 5.41) is 6.72. The van der Waals surface area contributed by atoms with E-state index >= 15 is 0 Å². The van der Waals surface area contributed by atoms with Crippen molar-refractivity contribution < 1.29 is 14.2 Å². The monoisotopic (exact) mass is 452 g/mol. The fraction of sp³-hybridized carbons (Fsp3) is 0.217. The Morgan fingerprint density at radius 3 is 2.72 bits per heavy atom. The van der Waals surface area contributed by atoms with Crippen molar-refractivity contribution in [2.45, 2.75) is 26.1 Å². The summed E-state index contributed by atoms with van der Waals surface area (Å²) in [7, 11) is 1.66. The molecule has 0 aliphatic carbocycles. The molecular weight excluding hydrogens is 431 g/mol. The van der Waals surface area contributed by atoms with Crippen LogP contribution in [0.4, 0.5) is 0 Å². The van der Waals surface area contributed by atoms with Crippen molar-refractivity contribution in [2.24, 2.45) is 0 Å². The van der Waals surface area contributed by atoms with Crippen molar-refractivity contribution in [3.05, 3.63) is 65.9 Å². The number of fused-ring (bicyclic) bond motifs is 4. The third-order valence-electron chi connectivity index (χ3n) is 5.20.